The maximum absolute atomic E-state index is 11.1. The van der Waals surface area contributed by atoms with Gasteiger partial charge in [0, 0.05) is 6.21 Å². The van der Waals surface area contributed by atoms with Crippen LogP contribution in [0.4, 0.5) is 22.7 Å². The Kier molecular flexibility index (Phi) is 4.75. The molecule has 11 heteroatoms. The van der Waals surface area contributed by atoms with E-state index in [0.29, 0.717) is 23.4 Å². The fraction of sp³-hybridized carbons (Fsp3) is 0. The van der Waals surface area contributed by atoms with E-state index >= 15 is 0 Å². The monoisotopic (exact) mass is 341 g/mol. The second kappa shape index (κ2) is 6.92. The number of hydrogen-bond acceptors (Lipinski definition) is 8. The largest absolute Gasteiger partial charge is 0.291 e. The van der Waals surface area contributed by atoms with Crippen molar-refractivity contribution in [2.75, 3.05) is 0 Å². The van der Waals surface area contributed by atoms with Crippen LogP contribution >= 0.6 is 0 Å². The molecule has 0 aliphatic heterocycles. The van der Waals surface area contributed by atoms with Gasteiger partial charge in [0.1, 0.15) is 5.56 Å². The predicted molar refractivity (Wildman–Crippen MR) is 84.8 cm³/mol. The van der Waals surface area contributed by atoms with E-state index in [1.165, 1.54) is 24.3 Å². The molecule has 0 amide bonds. The molecule has 124 valence electrons. The SMILES string of the molecule is N#Cc1ccc(N=Cc2c([N+](=O)[O-])cc([N+](=O)[O-])cc2[N+](=O)[O-])cc1. The Morgan fingerprint density at radius 2 is 1.44 bits per heavy atom. The highest BCUT2D eigenvalue weighted by Crippen LogP contribution is 2.32. The van der Waals surface area contributed by atoms with Crippen LogP contribution in [0.25, 0.3) is 0 Å². The summed E-state index contributed by atoms with van der Waals surface area (Å²) >= 11 is 0. The molecular weight excluding hydrogens is 334 g/mol. The summed E-state index contributed by atoms with van der Waals surface area (Å²) in [5.41, 5.74) is -2.19. The Morgan fingerprint density at radius 1 is 0.920 bits per heavy atom. The summed E-state index contributed by atoms with van der Waals surface area (Å²) in [5, 5.41) is 41.8. The van der Waals surface area contributed by atoms with Crippen molar-refractivity contribution in [2.45, 2.75) is 0 Å². The summed E-state index contributed by atoms with van der Waals surface area (Å²) in [6.07, 6.45) is 0.890. The van der Waals surface area contributed by atoms with Crippen LogP contribution in [0.2, 0.25) is 0 Å². The number of nitrogens with zero attached hydrogens (tertiary/aromatic N) is 5. The van der Waals surface area contributed by atoms with Crippen LogP contribution in [-0.4, -0.2) is 21.0 Å². The molecule has 0 unspecified atom stereocenters. The van der Waals surface area contributed by atoms with E-state index in [-0.39, 0.29) is 0 Å². The molecule has 0 N–H and O–H groups in total. The number of non-ortho nitro benzene ring substituents is 1. The van der Waals surface area contributed by atoms with Crippen LogP contribution in [-0.2, 0) is 0 Å². The van der Waals surface area contributed by atoms with Gasteiger partial charge in [0.25, 0.3) is 17.1 Å². The normalized spacial score (nSPS) is 10.4. The third kappa shape index (κ3) is 3.77. The van der Waals surface area contributed by atoms with Gasteiger partial charge < -0.3 is 0 Å². The topological polar surface area (TPSA) is 166 Å². The number of hydrogen-bond donors (Lipinski definition) is 0. The van der Waals surface area contributed by atoms with Gasteiger partial charge in [0.05, 0.1) is 44.2 Å². The van der Waals surface area contributed by atoms with Crippen molar-refractivity contribution in [1.29, 1.82) is 5.26 Å². The molecule has 0 atom stereocenters. The Morgan fingerprint density at radius 3 is 1.84 bits per heavy atom. The molecule has 11 nitrogen and oxygen atoms in total. The lowest BCUT2D eigenvalue weighted by Gasteiger charge is -2.00. The van der Waals surface area contributed by atoms with Gasteiger partial charge in [0.15, 0.2) is 0 Å². The summed E-state index contributed by atoms with van der Waals surface area (Å²) in [7, 11) is 0. The quantitative estimate of drug-likeness (QED) is 0.457. The zero-order chi connectivity index (χ0) is 18.6. The van der Waals surface area contributed by atoms with Crippen molar-refractivity contribution in [3.63, 3.8) is 0 Å². The average Bonchev–Trinajstić information content (AvgIpc) is 2.59. The minimum Gasteiger partial charge on any atom is -0.258 e. The first kappa shape index (κ1) is 17.2. The second-order valence-corrected chi connectivity index (χ2v) is 4.59. The van der Waals surface area contributed by atoms with E-state index in [9.17, 15) is 30.3 Å². The summed E-state index contributed by atoms with van der Waals surface area (Å²) in [6.45, 7) is 0. The zero-order valence-corrected chi connectivity index (χ0v) is 12.2. The van der Waals surface area contributed by atoms with E-state index in [2.05, 4.69) is 4.99 Å². The molecule has 0 aliphatic carbocycles. The third-order valence-electron chi connectivity index (χ3n) is 3.06. The van der Waals surface area contributed by atoms with Gasteiger partial charge in [0.2, 0.25) is 0 Å². The number of nitro groups is 3. The van der Waals surface area contributed by atoms with E-state index in [0.717, 1.165) is 6.21 Å². The molecule has 0 spiro atoms. The summed E-state index contributed by atoms with van der Waals surface area (Å²) in [5.74, 6) is 0. The number of nitro benzene ring substituents is 3. The third-order valence-corrected chi connectivity index (χ3v) is 3.06. The van der Waals surface area contributed by atoms with Gasteiger partial charge in [-0.2, -0.15) is 5.26 Å². The van der Waals surface area contributed by atoms with Crippen molar-refractivity contribution in [1.82, 2.24) is 0 Å². The zero-order valence-electron chi connectivity index (χ0n) is 12.2. The number of benzene rings is 2. The van der Waals surface area contributed by atoms with Crippen molar-refractivity contribution >= 4 is 29.0 Å². The fourth-order valence-electron chi connectivity index (χ4n) is 1.91. The molecule has 0 bridgehead atoms. The molecule has 0 radical (unpaired) electrons. The van der Waals surface area contributed by atoms with Crippen LogP contribution in [0.1, 0.15) is 11.1 Å². The van der Waals surface area contributed by atoms with Crippen LogP contribution in [0.15, 0.2) is 41.4 Å². The Balaban J connectivity index is 2.59. The van der Waals surface area contributed by atoms with E-state index in [4.69, 9.17) is 5.26 Å². The molecule has 0 aromatic heterocycles. The minimum absolute atomic E-state index is 0.293. The number of nitriles is 1. The summed E-state index contributed by atoms with van der Waals surface area (Å²) in [4.78, 5) is 34.1. The highest BCUT2D eigenvalue weighted by Gasteiger charge is 2.29. The fourth-order valence-corrected chi connectivity index (χ4v) is 1.91. The van der Waals surface area contributed by atoms with Crippen molar-refractivity contribution in [3.8, 4) is 6.07 Å². The van der Waals surface area contributed by atoms with Gasteiger partial charge in [-0.3, -0.25) is 35.3 Å². The first-order valence-electron chi connectivity index (χ1n) is 6.49. The molecule has 0 saturated carbocycles. The van der Waals surface area contributed by atoms with Gasteiger partial charge in [-0.05, 0) is 24.3 Å². The van der Waals surface area contributed by atoms with E-state index in [1.54, 1.807) is 0 Å². The standard InChI is InChI=1S/C14H7N5O6/c15-7-9-1-3-10(4-2-9)16-8-12-13(18(22)23)5-11(17(20)21)6-14(12)19(24)25/h1-6,8H. The lowest BCUT2D eigenvalue weighted by atomic mass is 10.1. The highest BCUT2D eigenvalue weighted by atomic mass is 16.6. The molecule has 25 heavy (non-hydrogen) atoms. The van der Waals surface area contributed by atoms with Crippen molar-refractivity contribution < 1.29 is 14.8 Å². The molecule has 0 aliphatic rings. The Hall–Kier alpha value is -4.20. The van der Waals surface area contributed by atoms with Gasteiger partial charge in [-0.25, -0.2) is 0 Å². The highest BCUT2D eigenvalue weighted by molar-refractivity contribution is 5.93. The van der Waals surface area contributed by atoms with E-state index < -0.39 is 37.4 Å². The molecule has 0 heterocycles. The average molecular weight is 341 g/mol. The second-order valence-electron chi connectivity index (χ2n) is 4.59. The lowest BCUT2D eigenvalue weighted by Crippen LogP contribution is -2.02. The van der Waals surface area contributed by atoms with Crippen LogP contribution in [0.5, 0.6) is 0 Å². The predicted octanol–water partition coefficient (Wildman–Crippen LogP) is 3.03. The minimum atomic E-state index is -0.958. The van der Waals surface area contributed by atoms with Crippen molar-refractivity contribution in [3.05, 3.63) is 77.9 Å². The van der Waals surface area contributed by atoms with Crippen LogP contribution < -0.4 is 0 Å². The molecular formula is C14H7N5O6. The number of rotatable bonds is 5. The van der Waals surface area contributed by atoms with Crippen LogP contribution in [0, 0.1) is 41.7 Å². The molecule has 2 aromatic rings. The first-order valence-corrected chi connectivity index (χ1v) is 6.49. The first-order chi connectivity index (χ1) is 11.8. The van der Waals surface area contributed by atoms with Crippen LogP contribution in [0.3, 0.4) is 0 Å². The van der Waals surface area contributed by atoms with Gasteiger partial charge in [-0.1, -0.05) is 0 Å². The molecule has 2 aromatic carbocycles. The molecule has 0 saturated heterocycles. The van der Waals surface area contributed by atoms with Gasteiger partial charge in [-0.15, -0.1) is 0 Å². The lowest BCUT2D eigenvalue weighted by molar-refractivity contribution is -0.403. The maximum Gasteiger partial charge on any atom is 0.291 e. The number of aliphatic imine (C=N–C) groups is 1. The Bertz CT molecular complexity index is 910. The van der Waals surface area contributed by atoms with E-state index in [1.807, 2.05) is 6.07 Å². The molecule has 2 rings (SSSR count). The molecule has 0 fully saturated rings. The Labute approximate surface area is 138 Å². The summed E-state index contributed by atoms with van der Waals surface area (Å²) in [6, 6.07) is 8.95. The van der Waals surface area contributed by atoms with Crippen molar-refractivity contribution in [2.24, 2.45) is 4.99 Å². The maximum atomic E-state index is 11.1. The smallest absolute Gasteiger partial charge is 0.258 e. The summed E-state index contributed by atoms with van der Waals surface area (Å²) < 4.78 is 0. The van der Waals surface area contributed by atoms with Gasteiger partial charge >= 0.3 is 0 Å².